The number of sulfonamides is 1. The van der Waals surface area contributed by atoms with Crippen LogP contribution in [0.3, 0.4) is 0 Å². The van der Waals surface area contributed by atoms with Crippen molar-refractivity contribution in [3.8, 4) is 10.4 Å². The largest absolute Gasteiger partial charge is 0.298 e. The van der Waals surface area contributed by atoms with Gasteiger partial charge in [-0.2, -0.15) is 4.31 Å². The maximum atomic E-state index is 12.9. The third-order valence-corrected chi connectivity index (χ3v) is 8.28. The van der Waals surface area contributed by atoms with E-state index in [0.29, 0.717) is 18.2 Å². The zero-order valence-electron chi connectivity index (χ0n) is 16.3. The van der Waals surface area contributed by atoms with Crippen LogP contribution in [-0.2, 0) is 10.0 Å². The molecule has 30 heavy (non-hydrogen) atoms. The minimum atomic E-state index is -3.64. The second kappa shape index (κ2) is 8.47. The highest BCUT2D eigenvalue weighted by atomic mass is 35.5. The van der Waals surface area contributed by atoms with E-state index in [0.717, 1.165) is 29.0 Å². The van der Waals surface area contributed by atoms with Crippen molar-refractivity contribution in [2.75, 3.05) is 18.4 Å². The maximum absolute atomic E-state index is 12.9. The summed E-state index contributed by atoms with van der Waals surface area (Å²) in [6.45, 7) is 2.87. The van der Waals surface area contributed by atoms with E-state index >= 15 is 0 Å². The van der Waals surface area contributed by atoms with E-state index in [4.69, 9.17) is 11.6 Å². The molecule has 9 heteroatoms. The quantitative estimate of drug-likeness (QED) is 0.591. The molecule has 0 saturated carbocycles. The molecule has 2 aromatic carbocycles. The molecule has 0 spiro atoms. The number of thiazole rings is 1. The molecule has 156 valence electrons. The van der Waals surface area contributed by atoms with Gasteiger partial charge in [-0.3, -0.25) is 10.1 Å². The molecule has 3 aromatic rings. The normalized spacial score (nSPS) is 14.7. The van der Waals surface area contributed by atoms with Crippen LogP contribution in [0.5, 0.6) is 0 Å². The zero-order chi connectivity index (χ0) is 21.3. The third kappa shape index (κ3) is 4.13. The average Bonchev–Trinajstić information content (AvgIpc) is 3.39. The molecular weight excluding hydrogens is 442 g/mol. The van der Waals surface area contributed by atoms with Crippen LogP contribution in [0, 0.1) is 6.92 Å². The lowest BCUT2D eigenvalue weighted by Gasteiger charge is -2.16. The summed E-state index contributed by atoms with van der Waals surface area (Å²) in [7, 11) is -3.64. The summed E-state index contributed by atoms with van der Waals surface area (Å²) in [4.78, 5) is 18.3. The number of amides is 1. The number of halogens is 1. The van der Waals surface area contributed by atoms with Gasteiger partial charge in [-0.05, 0) is 43.5 Å². The first-order valence-corrected chi connectivity index (χ1v) is 12.1. The number of aryl methyl sites for hydroxylation is 1. The van der Waals surface area contributed by atoms with Gasteiger partial charge in [0.15, 0.2) is 5.13 Å². The van der Waals surface area contributed by atoms with Gasteiger partial charge in [0.25, 0.3) is 5.91 Å². The number of nitrogens with zero attached hydrogens (tertiary/aromatic N) is 2. The lowest BCUT2D eigenvalue weighted by Crippen LogP contribution is -2.28. The SMILES string of the molecule is Cc1nc(NC(=O)c2cc(S(=O)(=O)N3CCCC3)ccc2Cl)sc1-c1ccccc1. The molecule has 1 fully saturated rings. The monoisotopic (exact) mass is 461 g/mol. The standard InChI is InChI=1S/C21H20ClN3O3S2/c1-14-19(15-7-3-2-4-8-15)29-21(23-14)24-20(26)17-13-16(9-10-18(17)22)30(27,28)25-11-5-6-12-25/h2-4,7-10,13H,5-6,11-12H2,1H3,(H,23,24,26). The number of carbonyl (C=O) groups is 1. The molecule has 1 saturated heterocycles. The fourth-order valence-corrected chi connectivity index (χ4v) is 6.10. The van der Waals surface area contributed by atoms with Gasteiger partial charge in [0.1, 0.15) is 0 Å². The Morgan fingerprint density at radius 1 is 1.13 bits per heavy atom. The number of anilines is 1. The van der Waals surface area contributed by atoms with Crippen molar-refractivity contribution in [2.24, 2.45) is 0 Å². The molecule has 0 bridgehead atoms. The predicted molar refractivity (Wildman–Crippen MR) is 120 cm³/mol. The highest BCUT2D eigenvalue weighted by Crippen LogP contribution is 2.33. The Bertz CT molecular complexity index is 1190. The Balaban J connectivity index is 1.60. The van der Waals surface area contributed by atoms with Crippen molar-refractivity contribution in [2.45, 2.75) is 24.7 Å². The molecule has 1 N–H and O–H groups in total. The van der Waals surface area contributed by atoms with Crippen molar-refractivity contribution in [1.82, 2.24) is 9.29 Å². The molecule has 6 nitrogen and oxygen atoms in total. The first-order chi connectivity index (χ1) is 14.4. The number of hydrogen-bond donors (Lipinski definition) is 1. The van der Waals surface area contributed by atoms with Crippen LogP contribution in [0.1, 0.15) is 28.9 Å². The van der Waals surface area contributed by atoms with E-state index in [-0.39, 0.29) is 15.5 Å². The number of benzene rings is 2. The number of hydrogen-bond acceptors (Lipinski definition) is 5. The second-order valence-electron chi connectivity index (χ2n) is 7.01. The van der Waals surface area contributed by atoms with Crippen LogP contribution < -0.4 is 5.32 Å². The van der Waals surface area contributed by atoms with Crippen molar-refractivity contribution < 1.29 is 13.2 Å². The van der Waals surface area contributed by atoms with Crippen LogP contribution in [-0.4, -0.2) is 36.7 Å². The molecule has 0 unspecified atom stereocenters. The fraction of sp³-hybridized carbons (Fsp3) is 0.238. The number of rotatable bonds is 5. The Morgan fingerprint density at radius 3 is 2.53 bits per heavy atom. The van der Waals surface area contributed by atoms with E-state index in [9.17, 15) is 13.2 Å². The molecule has 0 radical (unpaired) electrons. The van der Waals surface area contributed by atoms with Gasteiger partial charge in [0.2, 0.25) is 10.0 Å². The van der Waals surface area contributed by atoms with Gasteiger partial charge >= 0.3 is 0 Å². The van der Waals surface area contributed by atoms with Gasteiger partial charge in [-0.1, -0.05) is 53.3 Å². The van der Waals surface area contributed by atoms with E-state index < -0.39 is 15.9 Å². The minimum Gasteiger partial charge on any atom is -0.298 e. The van der Waals surface area contributed by atoms with E-state index in [2.05, 4.69) is 10.3 Å². The number of aromatic nitrogens is 1. The summed E-state index contributed by atoms with van der Waals surface area (Å²) in [5.74, 6) is -0.494. The van der Waals surface area contributed by atoms with Crippen molar-refractivity contribution in [3.63, 3.8) is 0 Å². The van der Waals surface area contributed by atoms with Gasteiger partial charge in [-0.15, -0.1) is 0 Å². The minimum absolute atomic E-state index is 0.0687. The molecule has 1 aliphatic rings. The molecule has 1 aliphatic heterocycles. The van der Waals surface area contributed by atoms with Gasteiger partial charge in [0, 0.05) is 13.1 Å². The summed E-state index contributed by atoms with van der Waals surface area (Å²) in [6.07, 6.45) is 1.68. The van der Waals surface area contributed by atoms with E-state index in [1.807, 2.05) is 37.3 Å². The van der Waals surface area contributed by atoms with Crippen LogP contribution in [0.15, 0.2) is 53.4 Å². The van der Waals surface area contributed by atoms with Crippen LogP contribution in [0.4, 0.5) is 5.13 Å². The summed E-state index contributed by atoms with van der Waals surface area (Å²) < 4.78 is 27.1. The van der Waals surface area contributed by atoms with Crippen LogP contribution in [0.25, 0.3) is 10.4 Å². The molecule has 1 aromatic heterocycles. The van der Waals surface area contributed by atoms with Crippen molar-refractivity contribution >= 4 is 44.0 Å². The lowest BCUT2D eigenvalue weighted by atomic mass is 10.2. The molecule has 4 rings (SSSR count). The molecule has 0 aliphatic carbocycles. The Morgan fingerprint density at radius 2 is 1.83 bits per heavy atom. The predicted octanol–water partition coefficient (Wildman–Crippen LogP) is 4.81. The fourth-order valence-electron chi connectivity index (χ4n) is 3.39. The summed E-state index contributed by atoms with van der Waals surface area (Å²) in [5, 5.41) is 3.37. The van der Waals surface area contributed by atoms with Crippen LogP contribution >= 0.6 is 22.9 Å². The maximum Gasteiger partial charge on any atom is 0.259 e. The Labute approximate surface area is 184 Å². The topological polar surface area (TPSA) is 79.4 Å². The first kappa shape index (κ1) is 21.0. The van der Waals surface area contributed by atoms with Crippen molar-refractivity contribution in [1.29, 1.82) is 0 Å². The first-order valence-electron chi connectivity index (χ1n) is 9.50. The van der Waals surface area contributed by atoms with E-state index in [1.165, 1.54) is 33.8 Å². The Kier molecular flexibility index (Phi) is 5.92. The summed E-state index contributed by atoms with van der Waals surface area (Å²) >= 11 is 7.57. The van der Waals surface area contributed by atoms with E-state index in [1.54, 1.807) is 0 Å². The van der Waals surface area contributed by atoms with Crippen LogP contribution in [0.2, 0.25) is 5.02 Å². The van der Waals surface area contributed by atoms with Gasteiger partial charge in [-0.25, -0.2) is 13.4 Å². The Hall–Kier alpha value is -2.26. The highest BCUT2D eigenvalue weighted by molar-refractivity contribution is 7.89. The number of carbonyl (C=O) groups excluding carboxylic acids is 1. The molecule has 2 heterocycles. The average molecular weight is 462 g/mol. The number of nitrogens with one attached hydrogen (secondary N) is 1. The highest BCUT2D eigenvalue weighted by Gasteiger charge is 2.28. The lowest BCUT2D eigenvalue weighted by molar-refractivity contribution is 0.102. The second-order valence-corrected chi connectivity index (χ2v) is 10.4. The van der Waals surface area contributed by atoms with Gasteiger partial charge in [0.05, 0.1) is 26.1 Å². The molecular formula is C21H20ClN3O3S2. The smallest absolute Gasteiger partial charge is 0.259 e. The summed E-state index contributed by atoms with van der Waals surface area (Å²) in [5.41, 5.74) is 1.92. The molecule has 0 atom stereocenters. The molecule has 1 amide bonds. The zero-order valence-corrected chi connectivity index (χ0v) is 18.6. The third-order valence-electron chi connectivity index (χ3n) is 4.94. The van der Waals surface area contributed by atoms with Gasteiger partial charge < -0.3 is 0 Å². The van der Waals surface area contributed by atoms with Crippen molar-refractivity contribution in [3.05, 3.63) is 64.8 Å². The summed E-state index contributed by atoms with van der Waals surface area (Å²) in [6, 6.07) is 14.0.